The van der Waals surface area contributed by atoms with Gasteiger partial charge in [0.15, 0.2) is 0 Å². The van der Waals surface area contributed by atoms with E-state index in [2.05, 4.69) is 17.2 Å². The number of aromatic nitrogens is 2. The third-order valence-electron chi connectivity index (χ3n) is 3.46. The number of hydrogen-bond acceptors (Lipinski definition) is 3. The number of carbonyl (C=O) groups excluding carboxylic acids is 1. The molecule has 0 aliphatic heterocycles. The predicted octanol–water partition coefficient (Wildman–Crippen LogP) is 2.40. The second kappa shape index (κ2) is 5.76. The Morgan fingerprint density at radius 1 is 1.19 bits per heavy atom. The van der Waals surface area contributed by atoms with Gasteiger partial charge in [-0.1, -0.05) is 36.4 Å². The maximum absolute atomic E-state index is 11.5. The number of hydroxylamine groups is 1. The van der Waals surface area contributed by atoms with Gasteiger partial charge in [0, 0.05) is 17.5 Å². The normalized spacial score (nSPS) is 10.7. The minimum atomic E-state index is -0.521. The Kier molecular flexibility index (Phi) is 3.66. The van der Waals surface area contributed by atoms with Crippen molar-refractivity contribution in [3.05, 3.63) is 65.9 Å². The molecule has 0 atom stereocenters. The summed E-state index contributed by atoms with van der Waals surface area (Å²) in [7, 11) is 0. The molecule has 5 nitrogen and oxygen atoms in total. The highest BCUT2D eigenvalue weighted by molar-refractivity contribution is 5.97. The molecular formula is C16H15N3O2. The maximum Gasteiger partial charge on any atom is 0.274 e. The van der Waals surface area contributed by atoms with Gasteiger partial charge in [0.2, 0.25) is 0 Å². The standard InChI is InChI=1S/C16H15N3O2/c20-16(18-21)13-6-7-14-11-17-19(15(14)10-13)9-8-12-4-2-1-3-5-12/h1-7,10-11,21H,8-9H2,(H,18,20). The third-order valence-corrected chi connectivity index (χ3v) is 3.46. The van der Waals surface area contributed by atoms with Gasteiger partial charge in [-0.25, -0.2) is 5.48 Å². The van der Waals surface area contributed by atoms with E-state index in [9.17, 15) is 4.79 Å². The smallest absolute Gasteiger partial charge is 0.274 e. The van der Waals surface area contributed by atoms with Crippen molar-refractivity contribution < 1.29 is 10.0 Å². The van der Waals surface area contributed by atoms with Gasteiger partial charge in [-0.3, -0.25) is 14.7 Å². The van der Waals surface area contributed by atoms with Gasteiger partial charge < -0.3 is 0 Å². The van der Waals surface area contributed by atoms with E-state index in [-0.39, 0.29) is 0 Å². The van der Waals surface area contributed by atoms with Crippen molar-refractivity contribution in [3.63, 3.8) is 0 Å². The Hall–Kier alpha value is -2.66. The average Bonchev–Trinajstić information content (AvgIpc) is 2.95. The molecule has 0 bridgehead atoms. The Labute approximate surface area is 121 Å². The van der Waals surface area contributed by atoms with Crippen molar-refractivity contribution in [1.29, 1.82) is 0 Å². The number of benzene rings is 2. The highest BCUT2D eigenvalue weighted by Gasteiger charge is 2.08. The summed E-state index contributed by atoms with van der Waals surface area (Å²) in [6.45, 7) is 0.734. The topological polar surface area (TPSA) is 67.2 Å². The molecule has 3 aromatic rings. The number of hydrogen-bond donors (Lipinski definition) is 2. The molecule has 21 heavy (non-hydrogen) atoms. The lowest BCUT2D eigenvalue weighted by atomic mass is 10.1. The summed E-state index contributed by atoms with van der Waals surface area (Å²) in [6, 6.07) is 15.4. The van der Waals surface area contributed by atoms with E-state index in [1.54, 1.807) is 23.8 Å². The molecule has 0 saturated heterocycles. The molecule has 2 N–H and O–H groups in total. The molecule has 3 rings (SSSR count). The number of amides is 1. The minimum absolute atomic E-state index is 0.409. The molecule has 1 aromatic heterocycles. The molecular weight excluding hydrogens is 266 g/mol. The van der Waals surface area contributed by atoms with Crippen molar-refractivity contribution in [2.75, 3.05) is 0 Å². The van der Waals surface area contributed by atoms with Crippen LogP contribution in [-0.4, -0.2) is 20.9 Å². The van der Waals surface area contributed by atoms with Gasteiger partial charge in [-0.05, 0) is 24.1 Å². The van der Waals surface area contributed by atoms with Crippen LogP contribution in [0.2, 0.25) is 0 Å². The Morgan fingerprint density at radius 2 is 2.00 bits per heavy atom. The number of nitrogens with zero attached hydrogens (tertiary/aromatic N) is 2. The van der Waals surface area contributed by atoms with E-state index in [1.807, 2.05) is 28.9 Å². The van der Waals surface area contributed by atoms with E-state index in [0.717, 1.165) is 23.9 Å². The summed E-state index contributed by atoms with van der Waals surface area (Å²) >= 11 is 0. The Morgan fingerprint density at radius 3 is 2.76 bits per heavy atom. The van der Waals surface area contributed by atoms with Crippen LogP contribution in [0, 0.1) is 0 Å². The fourth-order valence-corrected chi connectivity index (χ4v) is 2.33. The minimum Gasteiger partial charge on any atom is -0.288 e. The zero-order chi connectivity index (χ0) is 14.7. The van der Waals surface area contributed by atoms with Crippen molar-refractivity contribution in [1.82, 2.24) is 15.3 Å². The van der Waals surface area contributed by atoms with Gasteiger partial charge in [0.25, 0.3) is 5.91 Å². The molecule has 106 valence electrons. The monoisotopic (exact) mass is 281 g/mol. The van der Waals surface area contributed by atoms with Crippen molar-refractivity contribution >= 4 is 16.8 Å². The highest BCUT2D eigenvalue weighted by atomic mass is 16.5. The van der Waals surface area contributed by atoms with Crippen LogP contribution in [0.4, 0.5) is 0 Å². The van der Waals surface area contributed by atoms with E-state index >= 15 is 0 Å². The summed E-state index contributed by atoms with van der Waals surface area (Å²) in [4.78, 5) is 11.5. The zero-order valence-electron chi connectivity index (χ0n) is 11.4. The average molecular weight is 281 g/mol. The van der Waals surface area contributed by atoms with Crippen LogP contribution in [0.25, 0.3) is 10.9 Å². The predicted molar refractivity (Wildman–Crippen MR) is 79.1 cm³/mol. The fraction of sp³-hybridized carbons (Fsp3) is 0.125. The van der Waals surface area contributed by atoms with Crippen LogP contribution in [0.5, 0.6) is 0 Å². The quantitative estimate of drug-likeness (QED) is 0.570. The van der Waals surface area contributed by atoms with Gasteiger partial charge >= 0.3 is 0 Å². The molecule has 0 saturated carbocycles. The molecule has 0 spiro atoms. The van der Waals surface area contributed by atoms with Gasteiger partial charge in [-0.2, -0.15) is 5.10 Å². The van der Waals surface area contributed by atoms with Crippen LogP contribution in [0.3, 0.4) is 0 Å². The molecule has 1 heterocycles. The number of carbonyl (C=O) groups is 1. The first-order chi connectivity index (χ1) is 10.3. The second-order valence-electron chi connectivity index (χ2n) is 4.82. The van der Waals surface area contributed by atoms with Crippen molar-refractivity contribution in [2.45, 2.75) is 13.0 Å². The molecule has 0 aliphatic rings. The zero-order valence-corrected chi connectivity index (χ0v) is 11.4. The van der Waals surface area contributed by atoms with Crippen molar-refractivity contribution in [2.24, 2.45) is 0 Å². The lowest BCUT2D eigenvalue weighted by Gasteiger charge is -2.05. The number of rotatable bonds is 4. The first-order valence-corrected chi connectivity index (χ1v) is 6.72. The summed E-state index contributed by atoms with van der Waals surface area (Å²) in [5, 5.41) is 14.0. The van der Waals surface area contributed by atoms with E-state index in [0.29, 0.717) is 5.56 Å². The number of fused-ring (bicyclic) bond motifs is 1. The van der Waals surface area contributed by atoms with Crippen LogP contribution in [0.1, 0.15) is 15.9 Å². The van der Waals surface area contributed by atoms with Crippen LogP contribution >= 0.6 is 0 Å². The van der Waals surface area contributed by atoms with Gasteiger partial charge in [0.05, 0.1) is 11.7 Å². The van der Waals surface area contributed by atoms with Crippen LogP contribution in [-0.2, 0) is 13.0 Å². The molecule has 0 unspecified atom stereocenters. The largest absolute Gasteiger partial charge is 0.288 e. The lowest BCUT2D eigenvalue weighted by Crippen LogP contribution is -2.18. The summed E-state index contributed by atoms with van der Waals surface area (Å²) < 4.78 is 1.87. The Balaban J connectivity index is 1.86. The van der Waals surface area contributed by atoms with Crippen molar-refractivity contribution in [3.8, 4) is 0 Å². The van der Waals surface area contributed by atoms with E-state index in [1.165, 1.54) is 5.56 Å². The first kappa shape index (κ1) is 13.3. The first-order valence-electron chi connectivity index (χ1n) is 6.72. The van der Waals surface area contributed by atoms with E-state index < -0.39 is 5.91 Å². The molecule has 1 amide bonds. The summed E-state index contributed by atoms with van der Waals surface area (Å²) in [6.07, 6.45) is 2.65. The lowest BCUT2D eigenvalue weighted by molar-refractivity contribution is 0.0706. The SMILES string of the molecule is O=C(NO)c1ccc2cnn(CCc3ccccc3)c2c1. The second-order valence-corrected chi connectivity index (χ2v) is 4.82. The Bertz CT molecular complexity index is 766. The third kappa shape index (κ3) is 2.78. The number of aryl methyl sites for hydroxylation is 2. The number of nitrogens with one attached hydrogen (secondary N) is 1. The van der Waals surface area contributed by atoms with Gasteiger partial charge in [-0.15, -0.1) is 0 Å². The van der Waals surface area contributed by atoms with E-state index in [4.69, 9.17) is 5.21 Å². The maximum atomic E-state index is 11.5. The highest BCUT2D eigenvalue weighted by Crippen LogP contribution is 2.16. The van der Waals surface area contributed by atoms with Crippen LogP contribution < -0.4 is 5.48 Å². The molecule has 0 aliphatic carbocycles. The molecule has 0 fully saturated rings. The summed E-state index contributed by atoms with van der Waals surface area (Å²) in [5.74, 6) is -0.521. The molecule has 0 radical (unpaired) electrons. The van der Waals surface area contributed by atoms with Gasteiger partial charge in [0.1, 0.15) is 0 Å². The summed E-state index contributed by atoms with van der Waals surface area (Å²) in [5.41, 5.74) is 4.18. The molecule has 2 aromatic carbocycles. The fourth-order valence-electron chi connectivity index (χ4n) is 2.33. The van der Waals surface area contributed by atoms with Crippen LogP contribution in [0.15, 0.2) is 54.7 Å². The molecule has 5 heteroatoms.